The number of amides is 1. The molecular weight excluding hydrogens is 346 g/mol. The molecule has 0 atom stereocenters. The van der Waals surface area contributed by atoms with Crippen LogP contribution in [0.2, 0.25) is 5.02 Å². The Balaban J connectivity index is 1.60. The van der Waals surface area contributed by atoms with Crippen LogP contribution in [0.25, 0.3) is 0 Å². The van der Waals surface area contributed by atoms with Crippen LogP contribution in [0, 0.1) is 0 Å². The Kier molecular flexibility index (Phi) is 5.75. The summed E-state index contributed by atoms with van der Waals surface area (Å²) in [6.45, 7) is 1.03. The number of benzene rings is 2. The van der Waals surface area contributed by atoms with Crippen LogP contribution in [-0.2, 0) is 14.3 Å². The average Bonchev–Trinajstić information content (AvgIpc) is 2.64. The smallest absolute Gasteiger partial charge is 0.262 e. The molecule has 1 saturated heterocycles. The van der Waals surface area contributed by atoms with E-state index in [-0.39, 0.29) is 18.0 Å². The zero-order chi connectivity index (χ0) is 17.6. The van der Waals surface area contributed by atoms with Crippen molar-refractivity contribution in [3.05, 3.63) is 53.1 Å². The molecule has 0 aliphatic carbocycles. The summed E-state index contributed by atoms with van der Waals surface area (Å²) in [5.41, 5.74) is 1.01. The lowest BCUT2D eigenvalue weighted by Gasteiger charge is -2.24. The van der Waals surface area contributed by atoms with Crippen molar-refractivity contribution >= 4 is 23.2 Å². The van der Waals surface area contributed by atoms with Crippen molar-refractivity contribution in [2.75, 3.05) is 25.1 Å². The van der Waals surface area contributed by atoms with Crippen LogP contribution >= 0.6 is 11.6 Å². The number of hydrogen-bond acceptors (Lipinski definition) is 5. The number of nitrogens with one attached hydrogen (secondary N) is 1. The molecule has 0 saturated carbocycles. The third-order valence-electron chi connectivity index (χ3n) is 3.58. The second-order valence-electron chi connectivity index (χ2n) is 5.49. The molecule has 0 unspecified atom stereocenters. The van der Waals surface area contributed by atoms with Gasteiger partial charge in [-0.05, 0) is 42.8 Å². The van der Waals surface area contributed by atoms with E-state index in [1.54, 1.807) is 36.4 Å². The summed E-state index contributed by atoms with van der Waals surface area (Å²) < 4.78 is 16.4. The molecule has 1 heterocycles. The van der Waals surface area contributed by atoms with Crippen molar-refractivity contribution in [3.63, 3.8) is 0 Å². The number of hydrogen-bond donors (Lipinski definition) is 2. The Hall–Kier alpha value is -2.28. The first-order chi connectivity index (χ1) is 12.1. The van der Waals surface area contributed by atoms with Gasteiger partial charge in [-0.3, -0.25) is 4.79 Å². The van der Waals surface area contributed by atoms with Crippen molar-refractivity contribution in [2.45, 2.75) is 12.7 Å². The molecule has 132 valence electrons. The van der Waals surface area contributed by atoms with Crippen molar-refractivity contribution < 1.29 is 24.1 Å². The molecule has 6 nitrogen and oxygen atoms in total. The third-order valence-corrected chi connectivity index (χ3v) is 3.83. The lowest BCUT2D eigenvalue weighted by atomic mass is 10.1. The summed E-state index contributed by atoms with van der Waals surface area (Å²) in [7, 11) is 0. The van der Waals surface area contributed by atoms with Gasteiger partial charge < -0.3 is 24.6 Å². The molecule has 25 heavy (non-hydrogen) atoms. The van der Waals surface area contributed by atoms with Crippen LogP contribution in [0.5, 0.6) is 11.5 Å². The number of phenols is 1. The van der Waals surface area contributed by atoms with Crippen molar-refractivity contribution in [1.82, 2.24) is 0 Å². The van der Waals surface area contributed by atoms with Crippen LogP contribution in [0.1, 0.15) is 18.3 Å². The minimum absolute atomic E-state index is 0.0422. The fraction of sp³-hybridized carbons (Fsp3) is 0.278. The summed E-state index contributed by atoms with van der Waals surface area (Å²) in [5, 5.41) is 13.2. The van der Waals surface area contributed by atoms with Crippen LogP contribution in [0.3, 0.4) is 0 Å². The number of halogens is 1. The molecule has 0 radical (unpaired) electrons. The number of anilines is 1. The van der Waals surface area contributed by atoms with E-state index in [1.807, 2.05) is 0 Å². The van der Waals surface area contributed by atoms with Crippen LogP contribution < -0.4 is 10.1 Å². The summed E-state index contributed by atoms with van der Waals surface area (Å²) in [5.74, 6) is 0.0915. The number of phenolic OH excluding ortho intramolecular Hbond substituents is 1. The monoisotopic (exact) mass is 363 g/mol. The standard InChI is InChI=1S/C18H18ClNO5/c19-13-3-5-14(6-4-13)25-11-17(22)20-15-10-12(2-7-16(15)21)18-23-8-1-9-24-18/h2-7,10,18,21H,1,8-9,11H2,(H,20,22). The highest BCUT2D eigenvalue weighted by Gasteiger charge is 2.18. The first-order valence-electron chi connectivity index (χ1n) is 7.86. The molecule has 2 aromatic rings. The maximum absolute atomic E-state index is 12.1. The van der Waals surface area contributed by atoms with Gasteiger partial charge in [-0.15, -0.1) is 0 Å². The Morgan fingerprint density at radius 1 is 1.20 bits per heavy atom. The van der Waals surface area contributed by atoms with Crippen LogP contribution in [0.15, 0.2) is 42.5 Å². The highest BCUT2D eigenvalue weighted by atomic mass is 35.5. The van der Waals surface area contributed by atoms with Crippen molar-refractivity contribution in [2.24, 2.45) is 0 Å². The summed E-state index contributed by atoms with van der Waals surface area (Å²) in [4.78, 5) is 12.1. The highest BCUT2D eigenvalue weighted by molar-refractivity contribution is 6.30. The zero-order valence-corrected chi connectivity index (χ0v) is 14.2. The van der Waals surface area contributed by atoms with E-state index in [2.05, 4.69) is 5.32 Å². The molecular formula is C18H18ClNO5. The Bertz CT molecular complexity index is 729. The molecule has 2 N–H and O–H groups in total. The predicted molar refractivity (Wildman–Crippen MR) is 92.9 cm³/mol. The first kappa shape index (κ1) is 17.5. The molecule has 0 spiro atoms. The van der Waals surface area contributed by atoms with Gasteiger partial charge in [0.1, 0.15) is 11.5 Å². The minimum atomic E-state index is -0.490. The summed E-state index contributed by atoms with van der Waals surface area (Å²) in [6, 6.07) is 11.5. The lowest BCUT2D eigenvalue weighted by molar-refractivity contribution is -0.183. The van der Waals surface area contributed by atoms with Crippen LogP contribution in [-0.4, -0.2) is 30.8 Å². The van der Waals surface area contributed by atoms with E-state index in [4.69, 9.17) is 25.8 Å². The molecule has 1 aliphatic rings. The molecule has 0 bridgehead atoms. The second kappa shape index (κ2) is 8.20. The quantitative estimate of drug-likeness (QED) is 0.795. The topological polar surface area (TPSA) is 77.0 Å². The van der Waals surface area contributed by atoms with E-state index >= 15 is 0 Å². The fourth-order valence-electron chi connectivity index (χ4n) is 2.35. The summed E-state index contributed by atoms with van der Waals surface area (Å²) >= 11 is 5.79. The van der Waals surface area contributed by atoms with Gasteiger partial charge in [-0.25, -0.2) is 0 Å². The number of carbonyl (C=O) groups excluding carboxylic acids is 1. The number of ether oxygens (including phenoxy) is 3. The van der Waals surface area contributed by atoms with E-state index in [1.165, 1.54) is 6.07 Å². The van der Waals surface area contributed by atoms with Crippen molar-refractivity contribution in [3.8, 4) is 11.5 Å². The molecule has 2 aromatic carbocycles. The van der Waals surface area contributed by atoms with Gasteiger partial charge in [0.05, 0.1) is 18.9 Å². The molecule has 1 amide bonds. The molecule has 1 fully saturated rings. The Labute approximate surface area is 150 Å². The van der Waals surface area contributed by atoms with E-state index in [0.29, 0.717) is 24.0 Å². The number of aromatic hydroxyl groups is 1. The second-order valence-corrected chi connectivity index (χ2v) is 5.93. The van der Waals surface area contributed by atoms with Gasteiger partial charge in [0.2, 0.25) is 0 Å². The van der Waals surface area contributed by atoms with E-state index in [9.17, 15) is 9.90 Å². The molecule has 0 aromatic heterocycles. The maximum atomic E-state index is 12.1. The zero-order valence-electron chi connectivity index (χ0n) is 13.4. The SMILES string of the molecule is O=C(COc1ccc(Cl)cc1)Nc1cc(C2OCCCO2)ccc1O. The number of rotatable bonds is 5. The Morgan fingerprint density at radius 2 is 1.92 bits per heavy atom. The van der Waals surface area contributed by atoms with E-state index < -0.39 is 12.2 Å². The van der Waals surface area contributed by atoms with Gasteiger partial charge in [-0.2, -0.15) is 0 Å². The van der Waals surface area contributed by atoms with Gasteiger partial charge in [0.25, 0.3) is 5.91 Å². The first-order valence-corrected chi connectivity index (χ1v) is 8.24. The maximum Gasteiger partial charge on any atom is 0.262 e. The van der Waals surface area contributed by atoms with Gasteiger partial charge in [0.15, 0.2) is 12.9 Å². The fourth-order valence-corrected chi connectivity index (χ4v) is 2.47. The van der Waals surface area contributed by atoms with Gasteiger partial charge in [0, 0.05) is 10.6 Å². The largest absolute Gasteiger partial charge is 0.506 e. The van der Waals surface area contributed by atoms with Gasteiger partial charge in [-0.1, -0.05) is 17.7 Å². The molecule has 3 rings (SSSR count). The highest BCUT2D eigenvalue weighted by Crippen LogP contribution is 2.30. The lowest BCUT2D eigenvalue weighted by Crippen LogP contribution is -2.21. The Morgan fingerprint density at radius 3 is 2.64 bits per heavy atom. The summed E-state index contributed by atoms with van der Waals surface area (Å²) in [6.07, 6.45) is 0.357. The molecule has 7 heteroatoms. The normalized spacial score (nSPS) is 14.9. The van der Waals surface area contributed by atoms with Crippen molar-refractivity contribution in [1.29, 1.82) is 0 Å². The van der Waals surface area contributed by atoms with Gasteiger partial charge >= 0.3 is 0 Å². The van der Waals surface area contributed by atoms with E-state index in [0.717, 1.165) is 12.0 Å². The predicted octanol–water partition coefficient (Wildman–Crippen LogP) is 3.50. The third kappa shape index (κ3) is 4.85. The average molecular weight is 364 g/mol. The molecule has 1 aliphatic heterocycles. The minimum Gasteiger partial charge on any atom is -0.506 e. The van der Waals surface area contributed by atoms with Crippen LogP contribution in [0.4, 0.5) is 5.69 Å². The number of carbonyl (C=O) groups is 1.